The highest BCUT2D eigenvalue weighted by Crippen LogP contribution is 2.21. The van der Waals surface area contributed by atoms with E-state index in [1.165, 1.54) is 152 Å². The second-order valence-corrected chi connectivity index (χ2v) is 10.7. The average molecular weight is 460 g/mol. The second-order valence-electron chi connectivity index (χ2n) is 10.7. The van der Waals surface area contributed by atoms with Gasteiger partial charge in [0.05, 0.1) is 26.7 Å². The van der Waals surface area contributed by atoms with Gasteiger partial charge in [-0.2, -0.15) is 0 Å². The topological polar surface area (TPSA) is 0 Å². The summed E-state index contributed by atoms with van der Waals surface area (Å²) in [6.07, 6.45) is 31.8. The molecule has 0 fully saturated rings. The standard InChI is InChI=1S/C29H62N.ClH/c1-6-9-11-13-15-17-19-21-23-25-27-29(8-3)30(4,5)28-26-24-22-20-18-16-14-12-10-7-2;/h29H,6-28H2,1-5H3;1H/q+1;/p-1. The summed E-state index contributed by atoms with van der Waals surface area (Å²) in [6, 6.07) is 0.873. The molecule has 0 rings (SSSR count). The van der Waals surface area contributed by atoms with Crippen molar-refractivity contribution in [1.82, 2.24) is 0 Å². The zero-order chi connectivity index (χ0) is 22.3. The summed E-state index contributed by atoms with van der Waals surface area (Å²) in [5.74, 6) is 0. The maximum Gasteiger partial charge on any atom is 0.0883 e. The van der Waals surface area contributed by atoms with Crippen LogP contribution in [0.2, 0.25) is 0 Å². The quantitative estimate of drug-likeness (QED) is 0.107. The third-order valence-electron chi connectivity index (χ3n) is 7.44. The number of hydrogen-bond acceptors (Lipinski definition) is 0. The van der Waals surface area contributed by atoms with E-state index >= 15 is 0 Å². The van der Waals surface area contributed by atoms with E-state index in [9.17, 15) is 0 Å². The fourth-order valence-corrected chi connectivity index (χ4v) is 5.10. The molecule has 1 atom stereocenters. The lowest BCUT2D eigenvalue weighted by atomic mass is 10.0. The van der Waals surface area contributed by atoms with Crippen LogP contribution in [-0.2, 0) is 0 Å². The number of hydrogen-bond donors (Lipinski definition) is 0. The van der Waals surface area contributed by atoms with Crippen LogP contribution in [-0.4, -0.2) is 31.2 Å². The minimum Gasteiger partial charge on any atom is -1.00 e. The van der Waals surface area contributed by atoms with Crippen molar-refractivity contribution in [1.29, 1.82) is 0 Å². The van der Waals surface area contributed by atoms with Gasteiger partial charge in [-0.05, 0) is 32.1 Å². The van der Waals surface area contributed by atoms with E-state index in [0.717, 1.165) is 6.04 Å². The van der Waals surface area contributed by atoms with E-state index < -0.39 is 0 Å². The Morgan fingerprint density at radius 2 is 0.774 bits per heavy atom. The number of quaternary nitrogens is 1. The molecule has 0 aromatic rings. The molecule has 0 heterocycles. The molecule has 0 radical (unpaired) electrons. The molecule has 0 saturated heterocycles. The van der Waals surface area contributed by atoms with E-state index in [1.807, 2.05) is 0 Å². The first-order valence-electron chi connectivity index (χ1n) is 14.4. The monoisotopic (exact) mass is 459 g/mol. The van der Waals surface area contributed by atoms with Gasteiger partial charge in [0, 0.05) is 0 Å². The van der Waals surface area contributed by atoms with Gasteiger partial charge in [0.2, 0.25) is 0 Å². The lowest BCUT2D eigenvalue weighted by molar-refractivity contribution is -0.915. The highest BCUT2D eigenvalue weighted by molar-refractivity contribution is 4.59. The van der Waals surface area contributed by atoms with Gasteiger partial charge in [-0.1, -0.05) is 130 Å². The summed E-state index contributed by atoms with van der Waals surface area (Å²) in [7, 11) is 5.00. The van der Waals surface area contributed by atoms with Crippen molar-refractivity contribution >= 4 is 0 Å². The molecule has 0 N–H and O–H groups in total. The van der Waals surface area contributed by atoms with E-state index in [0.29, 0.717) is 0 Å². The Balaban J connectivity index is 0. The molecule has 0 aliphatic rings. The van der Waals surface area contributed by atoms with Crippen LogP contribution in [0.25, 0.3) is 0 Å². The summed E-state index contributed by atoms with van der Waals surface area (Å²) < 4.78 is 1.25. The molecule has 0 aliphatic carbocycles. The predicted octanol–water partition coefficient (Wildman–Crippen LogP) is 7.08. The Kier molecular flexibility index (Phi) is 26.8. The van der Waals surface area contributed by atoms with Crippen LogP contribution in [0.3, 0.4) is 0 Å². The third-order valence-corrected chi connectivity index (χ3v) is 7.44. The molecule has 0 saturated carbocycles. The number of unbranched alkanes of at least 4 members (excludes halogenated alkanes) is 18. The Hall–Kier alpha value is 0.250. The van der Waals surface area contributed by atoms with Crippen LogP contribution >= 0.6 is 0 Å². The molecule has 1 nitrogen and oxygen atoms in total. The fourth-order valence-electron chi connectivity index (χ4n) is 5.10. The molecule has 190 valence electrons. The maximum atomic E-state index is 2.50. The van der Waals surface area contributed by atoms with Crippen molar-refractivity contribution in [3.05, 3.63) is 0 Å². The average Bonchev–Trinajstić information content (AvgIpc) is 2.73. The predicted molar refractivity (Wildman–Crippen MR) is 139 cm³/mol. The van der Waals surface area contributed by atoms with Gasteiger partial charge < -0.3 is 16.9 Å². The Labute approximate surface area is 205 Å². The molecule has 0 aromatic heterocycles. The molecular weight excluding hydrogens is 398 g/mol. The van der Waals surface area contributed by atoms with Crippen LogP contribution in [0.5, 0.6) is 0 Å². The summed E-state index contributed by atoms with van der Waals surface area (Å²) in [6.45, 7) is 8.41. The fraction of sp³-hybridized carbons (Fsp3) is 1.00. The van der Waals surface area contributed by atoms with E-state index in [4.69, 9.17) is 0 Å². The first-order valence-corrected chi connectivity index (χ1v) is 14.4. The summed E-state index contributed by atoms with van der Waals surface area (Å²) in [5, 5.41) is 0. The molecule has 1 unspecified atom stereocenters. The molecule has 0 aliphatic heterocycles. The van der Waals surface area contributed by atoms with Crippen LogP contribution in [0.15, 0.2) is 0 Å². The number of halogens is 1. The van der Waals surface area contributed by atoms with E-state index in [-0.39, 0.29) is 12.4 Å². The maximum absolute atomic E-state index is 2.50. The highest BCUT2D eigenvalue weighted by Gasteiger charge is 2.25. The van der Waals surface area contributed by atoms with Crippen molar-refractivity contribution in [3.8, 4) is 0 Å². The Morgan fingerprint density at radius 3 is 1.13 bits per heavy atom. The molecule has 0 spiro atoms. The summed E-state index contributed by atoms with van der Waals surface area (Å²) >= 11 is 0. The van der Waals surface area contributed by atoms with Crippen molar-refractivity contribution in [3.63, 3.8) is 0 Å². The first kappa shape index (κ1) is 33.4. The van der Waals surface area contributed by atoms with Gasteiger partial charge >= 0.3 is 0 Å². The second kappa shape index (κ2) is 24.9. The SMILES string of the molecule is CCCCCCCCCCCCC(CC)[N+](C)(C)CCCCCCCCCCCC.[Cl-]. The molecule has 31 heavy (non-hydrogen) atoms. The van der Waals surface area contributed by atoms with Crippen LogP contribution < -0.4 is 12.4 Å². The van der Waals surface area contributed by atoms with E-state index in [2.05, 4.69) is 34.9 Å². The van der Waals surface area contributed by atoms with Crippen LogP contribution in [0.4, 0.5) is 0 Å². The summed E-state index contributed by atoms with van der Waals surface area (Å²) in [4.78, 5) is 0. The van der Waals surface area contributed by atoms with Gasteiger partial charge in [-0.25, -0.2) is 0 Å². The van der Waals surface area contributed by atoms with Crippen molar-refractivity contribution in [2.24, 2.45) is 0 Å². The molecule has 0 bridgehead atoms. The van der Waals surface area contributed by atoms with Crippen molar-refractivity contribution in [2.75, 3.05) is 20.6 Å². The summed E-state index contributed by atoms with van der Waals surface area (Å²) in [5.41, 5.74) is 0. The first-order chi connectivity index (χ1) is 14.6. The third kappa shape index (κ3) is 21.8. The van der Waals surface area contributed by atoms with Gasteiger partial charge in [-0.15, -0.1) is 0 Å². The largest absolute Gasteiger partial charge is 1.00 e. The smallest absolute Gasteiger partial charge is 0.0883 e. The Bertz CT molecular complexity index is 329. The number of nitrogens with zero attached hydrogens (tertiary/aromatic N) is 1. The van der Waals surface area contributed by atoms with Gasteiger partial charge in [0.15, 0.2) is 0 Å². The van der Waals surface area contributed by atoms with Crippen LogP contribution in [0, 0.1) is 0 Å². The zero-order valence-corrected chi connectivity index (χ0v) is 23.4. The molecule has 2 heteroatoms. The van der Waals surface area contributed by atoms with Gasteiger partial charge in [-0.3, -0.25) is 0 Å². The van der Waals surface area contributed by atoms with E-state index in [1.54, 1.807) is 0 Å². The lowest BCUT2D eigenvalue weighted by Gasteiger charge is -2.38. The zero-order valence-electron chi connectivity index (χ0n) is 22.7. The van der Waals surface area contributed by atoms with Gasteiger partial charge in [0.25, 0.3) is 0 Å². The van der Waals surface area contributed by atoms with Crippen molar-refractivity contribution in [2.45, 2.75) is 168 Å². The van der Waals surface area contributed by atoms with Crippen molar-refractivity contribution < 1.29 is 16.9 Å². The lowest BCUT2D eigenvalue weighted by Crippen LogP contribution is -3.00. The minimum absolute atomic E-state index is 0. The van der Waals surface area contributed by atoms with Gasteiger partial charge in [0.1, 0.15) is 0 Å². The highest BCUT2D eigenvalue weighted by atomic mass is 35.5. The molecule has 0 amide bonds. The Morgan fingerprint density at radius 1 is 0.452 bits per heavy atom. The normalized spacial score (nSPS) is 12.7. The minimum atomic E-state index is 0. The van der Waals surface area contributed by atoms with Crippen LogP contribution in [0.1, 0.15) is 162 Å². The molecule has 0 aromatic carbocycles. The number of rotatable bonds is 24. The molecular formula is C29H62ClN.